The molecule has 9 heteroatoms. The fraction of sp³-hybridized carbons (Fsp3) is 0.450. The molecule has 0 unspecified atom stereocenters. The Labute approximate surface area is 174 Å². The molecule has 2 heterocycles. The first-order chi connectivity index (χ1) is 13.7. The van der Waals surface area contributed by atoms with Crippen molar-refractivity contribution in [2.45, 2.75) is 45.9 Å². The zero-order valence-electron chi connectivity index (χ0n) is 17.0. The van der Waals surface area contributed by atoms with Crippen LogP contribution in [0.3, 0.4) is 0 Å². The van der Waals surface area contributed by atoms with E-state index in [1.165, 1.54) is 12.0 Å². The first kappa shape index (κ1) is 21.0. The average molecular weight is 421 g/mol. The smallest absolute Gasteiger partial charge is 0.410 e. The number of nitrogens with one attached hydrogen (secondary N) is 1. The van der Waals surface area contributed by atoms with Crippen LogP contribution < -0.4 is 15.7 Å². The summed E-state index contributed by atoms with van der Waals surface area (Å²) < 4.78 is 6.52. The van der Waals surface area contributed by atoms with Crippen molar-refractivity contribution in [3.05, 3.63) is 56.5 Å². The highest BCUT2D eigenvalue weighted by Crippen LogP contribution is 2.19. The van der Waals surface area contributed by atoms with Crippen molar-refractivity contribution in [1.82, 2.24) is 14.6 Å². The minimum atomic E-state index is -0.599. The SMILES string of the molecule is COn1c(NCc2ccc(Cl)cc2)nc2c(c1=O)CN(C(=O)OC(C)(C)C)CC2. The van der Waals surface area contributed by atoms with Crippen LogP contribution >= 0.6 is 11.6 Å². The summed E-state index contributed by atoms with van der Waals surface area (Å²) in [6.07, 6.45) is 0.0146. The topological polar surface area (TPSA) is 85.7 Å². The molecule has 0 radical (unpaired) electrons. The quantitative estimate of drug-likeness (QED) is 0.818. The van der Waals surface area contributed by atoms with Crippen molar-refractivity contribution in [2.24, 2.45) is 0 Å². The van der Waals surface area contributed by atoms with Crippen LogP contribution in [0.1, 0.15) is 37.6 Å². The van der Waals surface area contributed by atoms with Gasteiger partial charge in [-0.2, -0.15) is 0 Å². The first-order valence-corrected chi connectivity index (χ1v) is 9.71. The summed E-state index contributed by atoms with van der Waals surface area (Å²) in [6.45, 7) is 6.44. The number of anilines is 1. The molecule has 0 saturated carbocycles. The molecule has 1 aliphatic rings. The Hall–Kier alpha value is -2.74. The molecule has 0 fully saturated rings. The van der Waals surface area contributed by atoms with Gasteiger partial charge in [-0.3, -0.25) is 4.79 Å². The Kier molecular flexibility index (Phi) is 6.02. The number of rotatable bonds is 4. The molecule has 156 valence electrons. The predicted octanol–water partition coefficient (Wildman–Crippen LogP) is 2.86. The van der Waals surface area contributed by atoms with E-state index in [-0.39, 0.29) is 12.1 Å². The number of aromatic nitrogens is 2. The fourth-order valence-electron chi connectivity index (χ4n) is 3.01. The average Bonchev–Trinajstić information content (AvgIpc) is 2.66. The third-order valence-electron chi connectivity index (χ3n) is 4.39. The van der Waals surface area contributed by atoms with Gasteiger partial charge in [0, 0.05) is 24.5 Å². The van der Waals surface area contributed by atoms with E-state index in [2.05, 4.69) is 10.3 Å². The minimum absolute atomic E-state index is 0.136. The summed E-state index contributed by atoms with van der Waals surface area (Å²) in [5, 5.41) is 3.79. The number of ether oxygens (including phenoxy) is 1. The molecule has 3 rings (SSSR count). The van der Waals surface area contributed by atoms with E-state index in [1.54, 1.807) is 32.9 Å². The number of fused-ring (bicyclic) bond motifs is 1. The number of carbonyl (C=O) groups is 1. The normalized spacial score (nSPS) is 13.6. The van der Waals surface area contributed by atoms with E-state index in [1.807, 2.05) is 12.1 Å². The molecule has 0 atom stereocenters. The molecule has 0 spiro atoms. The lowest BCUT2D eigenvalue weighted by Crippen LogP contribution is -2.44. The van der Waals surface area contributed by atoms with Crippen molar-refractivity contribution in [1.29, 1.82) is 0 Å². The predicted molar refractivity (Wildman–Crippen MR) is 110 cm³/mol. The number of amides is 1. The molecule has 0 saturated heterocycles. The van der Waals surface area contributed by atoms with Crippen LogP contribution in [0, 0.1) is 0 Å². The molecule has 1 N–H and O–H groups in total. The fourth-order valence-corrected chi connectivity index (χ4v) is 3.13. The van der Waals surface area contributed by atoms with Crippen molar-refractivity contribution in [2.75, 3.05) is 19.0 Å². The van der Waals surface area contributed by atoms with E-state index in [9.17, 15) is 9.59 Å². The van der Waals surface area contributed by atoms with Crippen molar-refractivity contribution >= 4 is 23.6 Å². The first-order valence-electron chi connectivity index (χ1n) is 9.33. The second-order valence-corrected chi connectivity index (χ2v) is 8.21. The molecule has 29 heavy (non-hydrogen) atoms. The van der Waals surface area contributed by atoms with E-state index in [0.717, 1.165) is 10.3 Å². The minimum Gasteiger partial charge on any atom is -0.444 e. The summed E-state index contributed by atoms with van der Waals surface area (Å²) in [7, 11) is 1.40. The Morgan fingerprint density at radius 2 is 1.97 bits per heavy atom. The molecule has 1 aliphatic heterocycles. The van der Waals surface area contributed by atoms with Gasteiger partial charge in [-0.25, -0.2) is 9.78 Å². The monoisotopic (exact) mass is 420 g/mol. The van der Waals surface area contributed by atoms with Crippen molar-refractivity contribution in [3.63, 3.8) is 0 Å². The number of hydrogen-bond acceptors (Lipinski definition) is 6. The van der Waals surface area contributed by atoms with E-state index in [4.69, 9.17) is 21.2 Å². The van der Waals surface area contributed by atoms with Crippen molar-refractivity contribution < 1.29 is 14.4 Å². The van der Waals surface area contributed by atoms with Crippen molar-refractivity contribution in [3.8, 4) is 0 Å². The summed E-state index contributed by atoms with van der Waals surface area (Å²) in [5.74, 6) is 0.317. The van der Waals surface area contributed by atoms with Crippen LogP contribution in [0.25, 0.3) is 0 Å². The molecular formula is C20H25ClN4O4. The molecule has 1 aromatic heterocycles. The number of nitrogens with zero attached hydrogens (tertiary/aromatic N) is 3. The van der Waals surface area contributed by atoms with E-state index < -0.39 is 11.7 Å². The van der Waals surface area contributed by atoms with Crippen LogP contribution in [0.15, 0.2) is 29.1 Å². The summed E-state index contributed by atoms with van der Waals surface area (Å²) in [6, 6.07) is 7.38. The van der Waals surface area contributed by atoms with Gasteiger partial charge in [-0.1, -0.05) is 23.7 Å². The van der Waals surface area contributed by atoms with E-state index in [0.29, 0.717) is 41.7 Å². The highest BCUT2D eigenvalue weighted by Gasteiger charge is 2.29. The zero-order valence-corrected chi connectivity index (χ0v) is 17.7. The zero-order chi connectivity index (χ0) is 21.2. The van der Waals surface area contributed by atoms with Gasteiger partial charge in [0.2, 0.25) is 5.95 Å². The maximum Gasteiger partial charge on any atom is 0.410 e. The van der Waals surface area contributed by atoms with Crippen LogP contribution in [-0.4, -0.2) is 40.0 Å². The van der Waals surface area contributed by atoms with Gasteiger partial charge in [0.1, 0.15) is 12.7 Å². The maximum atomic E-state index is 12.9. The number of halogens is 1. The summed E-state index contributed by atoms with van der Waals surface area (Å²) >= 11 is 5.91. The number of carbonyl (C=O) groups excluding carboxylic acids is 1. The molecule has 0 aliphatic carbocycles. The summed E-state index contributed by atoms with van der Waals surface area (Å²) in [5.41, 5.74) is 1.13. The van der Waals surface area contributed by atoms with Gasteiger partial charge < -0.3 is 19.8 Å². The highest BCUT2D eigenvalue weighted by atomic mass is 35.5. The maximum absolute atomic E-state index is 12.9. The van der Waals surface area contributed by atoms with Crippen LogP contribution in [0.5, 0.6) is 0 Å². The molecule has 8 nitrogen and oxygen atoms in total. The molecule has 1 amide bonds. The summed E-state index contributed by atoms with van der Waals surface area (Å²) in [4.78, 5) is 36.6. The third kappa shape index (κ3) is 5.00. The van der Waals surface area contributed by atoms with Crippen LogP contribution in [-0.2, 0) is 24.2 Å². The van der Waals surface area contributed by atoms with Gasteiger partial charge in [0.15, 0.2) is 0 Å². The van der Waals surface area contributed by atoms with E-state index >= 15 is 0 Å². The Bertz CT molecular complexity index is 951. The van der Waals surface area contributed by atoms with Gasteiger partial charge >= 0.3 is 6.09 Å². The molecule has 1 aromatic carbocycles. The van der Waals surface area contributed by atoms with Crippen LogP contribution in [0.2, 0.25) is 5.02 Å². The lowest BCUT2D eigenvalue weighted by molar-refractivity contribution is 0.0219. The standard InChI is InChI=1S/C20H25ClN4O4/c1-20(2,3)29-19(27)24-10-9-16-15(12-24)17(26)25(28-4)18(23-16)22-11-13-5-7-14(21)8-6-13/h5-8H,9-12H2,1-4H3,(H,22,23). The third-order valence-corrected chi connectivity index (χ3v) is 4.64. The van der Waals surface area contributed by atoms with Gasteiger partial charge in [0.05, 0.1) is 17.8 Å². The van der Waals surface area contributed by atoms with Crippen LogP contribution in [0.4, 0.5) is 10.7 Å². The van der Waals surface area contributed by atoms with Gasteiger partial charge in [0.25, 0.3) is 5.56 Å². The van der Waals surface area contributed by atoms with Gasteiger partial charge in [-0.05, 0) is 38.5 Å². The number of hydrogen-bond donors (Lipinski definition) is 1. The molecule has 2 aromatic rings. The Morgan fingerprint density at radius 1 is 1.28 bits per heavy atom. The molecular weight excluding hydrogens is 396 g/mol. The highest BCUT2D eigenvalue weighted by molar-refractivity contribution is 6.30. The second kappa shape index (κ2) is 8.32. The lowest BCUT2D eigenvalue weighted by atomic mass is 10.1. The lowest BCUT2D eigenvalue weighted by Gasteiger charge is -2.30. The van der Waals surface area contributed by atoms with Gasteiger partial charge in [-0.15, -0.1) is 4.73 Å². The number of benzene rings is 1. The Morgan fingerprint density at radius 3 is 2.59 bits per heavy atom. The second-order valence-electron chi connectivity index (χ2n) is 7.77. The molecule has 0 bridgehead atoms. The largest absolute Gasteiger partial charge is 0.444 e. The Balaban J connectivity index is 1.81.